The van der Waals surface area contributed by atoms with Crippen LogP contribution in [0, 0.1) is 5.92 Å². The molecule has 0 N–H and O–H groups in total. The Balaban J connectivity index is 1.85. The van der Waals surface area contributed by atoms with E-state index in [-0.39, 0.29) is 0 Å². The largest absolute Gasteiger partial charge is 0.305 e. The van der Waals surface area contributed by atoms with Gasteiger partial charge in [-0.05, 0) is 45.3 Å². The average molecular weight is 210 g/mol. The Hall–Kier alpha value is -0.0800. The molecular weight excluding hydrogens is 184 g/mol. The van der Waals surface area contributed by atoms with Crippen molar-refractivity contribution in [2.75, 3.05) is 33.2 Å². The Bertz CT molecular complexity index is 193. The predicted octanol–water partition coefficient (Wildman–Crippen LogP) is 2.20. The SMILES string of the molecule is C[C@H]1CCC[C@H](N2CCCN(C)CC2)C1. The third kappa shape index (κ3) is 3.18. The molecule has 2 rings (SSSR count). The van der Waals surface area contributed by atoms with Crippen LogP contribution in [0.15, 0.2) is 0 Å². The van der Waals surface area contributed by atoms with E-state index in [0.717, 1.165) is 12.0 Å². The van der Waals surface area contributed by atoms with Gasteiger partial charge in [-0.3, -0.25) is 4.90 Å². The van der Waals surface area contributed by atoms with Crippen LogP contribution in [0.4, 0.5) is 0 Å². The smallest absolute Gasteiger partial charge is 0.0112 e. The monoisotopic (exact) mass is 210 g/mol. The fraction of sp³-hybridized carbons (Fsp3) is 1.00. The van der Waals surface area contributed by atoms with Crippen LogP contribution < -0.4 is 0 Å². The lowest BCUT2D eigenvalue weighted by Gasteiger charge is -2.36. The van der Waals surface area contributed by atoms with E-state index in [0.29, 0.717) is 0 Å². The maximum Gasteiger partial charge on any atom is 0.0112 e. The van der Waals surface area contributed by atoms with Gasteiger partial charge in [0.05, 0.1) is 0 Å². The van der Waals surface area contributed by atoms with Crippen molar-refractivity contribution in [1.29, 1.82) is 0 Å². The van der Waals surface area contributed by atoms with Crippen LogP contribution in [-0.2, 0) is 0 Å². The quantitative estimate of drug-likeness (QED) is 0.655. The van der Waals surface area contributed by atoms with Crippen LogP contribution in [-0.4, -0.2) is 49.1 Å². The molecule has 1 aliphatic carbocycles. The molecule has 1 saturated heterocycles. The molecule has 2 aliphatic rings. The average Bonchev–Trinajstić information content (AvgIpc) is 2.43. The first-order chi connectivity index (χ1) is 7.25. The second kappa shape index (κ2) is 5.31. The molecule has 0 spiro atoms. The maximum atomic E-state index is 2.76. The lowest BCUT2D eigenvalue weighted by Crippen LogP contribution is -2.40. The van der Waals surface area contributed by atoms with Crippen LogP contribution in [0.3, 0.4) is 0 Å². The van der Waals surface area contributed by atoms with Gasteiger partial charge in [0, 0.05) is 19.1 Å². The summed E-state index contributed by atoms with van der Waals surface area (Å²) in [4.78, 5) is 5.24. The van der Waals surface area contributed by atoms with Crippen LogP contribution in [0.25, 0.3) is 0 Å². The molecule has 0 unspecified atom stereocenters. The van der Waals surface area contributed by atoms with E-state index in [9.17, 15) is 0 Å². The molecule has 15 heavy (non-hydrogen) atoms. The first-order valence-corrected chi connectivity index (χ1v) is 6.68. The van der Waals surface area contributed by atoms with Crippen molar-refractivity contribution < 1.29 is 0 Å². The van der Waals surface area contributed by atoms with Crippen LogP contribution >= 0.6 is 0 Å². The van der Waals surface area contributed by atoms with E-state index in [1.807, 2.05) is 0 Å². The summed E-state index contributed by atoms with van der Waals surface area (Å²) in [5.41, 5.74) is 0. The normalized spacial score (nSPS) is 36.4. The molecule has 0 bridgehead atoms. The molecule has 2 atom stereocenters. The van der Waals surface area contributed by atoms with E-state index >= 15 is 0 Å². The standard InChI is InChI=1S/C13H26N2/c1-12-5-3-6-13(11-12)15-8-4-7-14(2)9-10-15/h12-13H,3-11H2,1-2H3/t12-,13-/m0/s1. The van der Waals surface area contributed by atoms with E-state index in [4.69, 9.17) is 0 Å². The van der Waals surface area contributed by atoms with Gasteiger partial charge in [-0.1, -0.05) is 19.8 Å². The van der Waals surface area contributed by atoms with Gasteiger partial charge in [-0.25, -0.2) is 0 Å². The highest BCUT2D eigenvalue weighted by Gasteiger charge is 2.25. The number of hydrogen-bond donors (Lipinski definition) is 0. The van der Waals surface area contributed by atoms with Gasteiger partial charge in [0.1, 0.15) is 0 Å². The highest BCUT2D eigenvalue weighted by Crippen LogP contribution is 2.27. The number of hydrogen-bond acceptors (Lipinski definition) is 2. The van der Waals surface area contributed by atoms with Crippen LogP contribution in [0.5, 0.6) is 0 Å². The second-order valence-electron chi connectivity index (χ2n) is 5.62. The Morgan fingerprint density at radius 1 is 0.933 bits per heavy atom. The van der Waals surface area contributed by atoms with E-state index in [2.05, 4.69) is 23.8 Å². The van der Waals surface area contributed by atoms with Crippen molar-refractivity contribution in [2.45, 2.75) is 45.1 Å². The van der Waals surface area contributed by atoms with Gasteiger partial charge in [0.15, 0.2) is 0 Å². The van der Waals surface area contributed by atoms with Gasteiger partial charge >= 0.3 is 0 Å². The zero-order valence-electron chi connectivity index (χ0n) is 10.4. The molecule has 0 amide bonds. The van der Waals surface area contributed by atoms with E-state index in [1.165, 1.54) is 58.3 Å². The summed E-state index contributed by atoms with van der Waals surface area (Å²) >= 11 is 0. The Morgan fingerprint density at radius 2 is 1.80 bits per heavy atom. The molecule has 2 nitrogen and oxygen atoms in total. The zero-order valence-corrected chi connectivity index (χ0v) is 10.4. The third-order valence-electron chi connectivity index (χ3n) is 4.18. The van der Waals surface area contributed by atoms with Crippen molar-refractivity contribution in [3.63, 3.8) is 0 Å². The van der Waals surface area contributed by atoms with Gasteiger partial charge in [-0.15, -0.1) is 0 Å². The summed E-state index contributed by atoms with van der Waals surface area (Å²) in [7, 11) is 2.26. The number of rotatable bonds is 1. The molecule has 1 heterocycles. The summed E-state index contributed by atoms with van der Waals surface area (Å²) < 4.78 is 0. The Kier molecular flexibility index (Phi) is 4.04. The van der Waals surface area contributed by atoms with Crippen molar-refractivity contribution in [2.24, 2.45) is 5.92 Å². The van der Waals surface area contributed by atoms with Crippen molar-refractivity contribution in [3.8, 4) is 0 Å². The zero-order chi connectivity index (χ0) is 10.7. The topological polar surface area (TPSA) is 6.48 Å². The van der Waals surface area contributed by atoms with Crippen molar-refractivity contribution in [3.05, 3.63) is 0 Å². The molecule has 2 heteroatoms. The molecule has 88 valence electrons. The third-order valence-corrected chi connectivity index (χ3v) is 4.18. The summed E-state index contributed by atoms with van der Waals surface area (Å²) in [6.07, 6.45) is 7.18. The fourth-order valence-corrected chi connectivity index (χ4v) is 3.17. The maximum absolute atomic E-state index is 2.76. The van der Waals surface area contributed by atoms with Crippen LogP contribution in [0.1, 0.15) is 39.0 Å². The minimum absolute atomic E-state index is 0.903. The van der Waals surface area contributed by atoms with E-state index < -0.39 is 0 Å². The molecular formula is C13H26N2. The Morgan fingerprint density at radius 3 is 2.60 bits per heavy atom. The molecule has 0 aromatic carbocycles. The summed E-state index contributed by atoms with van der Waals surface area (Å²) in [6, 6.07) is 0.903. The molecule has 0 radical (unpaired) electrons. The van der Waals surface area contributed by atoms with Gasteiger partial charge in [0.25, 0.3) is 0 Å². The summed E-state index contributed by atoms with van der Waals surface area (Å²) in [5, 5.41) is 0. The minimum atomic E-state index is 0.903. The second-order valence-corrected chi connectivity index (χ2v) is 5.62. The van der Waals surface area contributed by atoms with Gasteiger partial charge < -0.3 is 4.90 Å². The predicted molar refractivity (Wildman–Crippen MR) is 65.1 cm³/mol. The molecule has 0 aromatic heterocycles. The highest BCUT2D eigenvalue weighted by atomic mass is 15.2. The summed E-state index contributed by atoms with van der Waals surface area (Å²) in [6.45, 7) is 7.62. The van der Waals surface area contributed by atoms with Crippen LogP contribution in [0.2, 0.25) is 0 Å². The lowest BCUT2D eigenvalue weighted by molar-refractivity contribution is 0.139. The summed E-state index contributed by atoms with van der Waals surface area (Å²) in [5.74, 6) is 0.963. The number of likely N-dealkylation sites (N-methyl/N-ethyl adjacent to an activating group) is 1. The van der Waals surface area contributed by atoms with Gasteiger partial charge in [0.2, 0.25) is 0 Å². The van der Waals surface area contributed by atoms with E-state index in [1.54, 1.807) is 0 Å². The minimum Gasteiger partial charge on any atom is -0.305 e. The fourth-order valence-electron chi connectivity index (χ4n) is 3.17. The Labute approximate surface area is 94.6 Å². The molecule has 0 aromatic rings. The molecule has 2 fully saturated rings. The molecule has 1 saturated carbocycles. The lowest BCUT2D eigenvalue weighted by atomic mass is 9.86. The molecule has 1 aliphatic heterocycles. The first-order valence-electron chi connectivity index (χ1n) is 6.68. The highest BCUT2D eigenvalue weighted by molar-refractivity contribution is 4.80. The first kappa shape index (κ1) is 11.4. The van der Waals surface area contributed by atoms with Crippen molar-refractivity contribution >= 4 is 0 Å². The number of nitrogens with zero attached hydrogens (tertiary/aromatic N) is 2. The van der Waals surface area contributed by atoms with Crippen molar-refractivity contribution in [1.82, 2.24) is 9.80 Å². The van der Waals surface area contributed by atoms with Gasteiger partial charge in [-0.2, -0.15) is 0 Å².